The number of nitrogens with one attached hydrogen (secondary N) is 1. The number of carbonyl (C=O) groups is 1. The van der Waals surface area contributed by atoms with Crippen molar-refractivity contribution >= 4 is 21.8 Å². The number of hydrogen-bond donors (Lipinski definition) is 1. The van der Waals surface area contributed by atoms with Crippen LogP contribution in [0.5, 0.6) is 0 Å². The lowest BCUT2D eigenvalue weighted by Gasteiger charge is -2.27. The van der Waals surface area contributed by atoms with Crippen LogP contribution in [0.25, 0.3) is 0 Å². The predicted octanol–water partition coefficient (Wildman–Crippen LogP) is 3.99. The molecule has 0 atom stereocenters. The van der Waals surface area contributed by atoms with Gasteiger partial charge in [0.1, 0.15) is 0 Å². The molecule has 1 aliphatic rings. The van der Waals surface area contributed by atoms with E-state index in [0.29, 0.717) is 0 Å². The first-order chi connectivity index (χ1) is 9.08. The van der Waals surface area contributed by atoms with Gasteiger partial charge in [0, 0.05) is 17.4 Å². The first-order valence-corrected chi connectivity index (χ1v) is 8.10. The molecule has 1 amide bonds. The number of aryl methyl sites for hydroxylation is 2. The van der Waals surface area contributed by atoms with Gasteiger partial charge in [-0.3, -0.25) is 4.79 Å². The Kier molecular flexibility index (Phi) is 4.67. The van der Waals surface area contributed by atoms with Crippen molar-refractivity contribution in [2.45, 2.75) is 39.5 Å². The number of rotatable bonds is 4. The number of benzene rings is 1. The van der Waals surface area contributed by atoms with Crippen molar-refractivity contribution in [2.75, 3.05) is 11.9 Å². The SMILES string of the molecule is Cc1cccc(C)c1C(=O)NCC1(CBr)CCCC1. The van der Waals surface area contributed by atoms with Gasteiger partial charge in [-0.15, -0.1) is 0 Å². The van der Waals surface area contributed by atoms with E-state index < -0.39 is 0 Å². The highest BCUT2D eigenvalue weighted by Gasteiger charge is 2.33. The highest BCUT2D eigenvalue weighted by molar-refractivity contribution is 9.09. The molecule has 0 unspecified atom stereocenters. The summed E-state index contributed by atoms with van der Waals surface area (Å²) in [5, 5.41) is 4.12. The smallest absolute Gasteiger partial charge is 0.251 e. The van der Waals surface area contributed by atoms with E-state index in [9.17, 15) is 4.79 Å². The molecule has 1 aromatic carbocycles. The maximum atomic E-state index is 12.4. The molecule has 2 nitrogen and oxygen atoms in total. The molecule has 0 heterocycles. The third-order valence-electron chi connectivity index (χ3n) is 4.28. The van der Waals surface area contributed by atoms with Crippen molar-refractivity contribution in [2.24, 2.45) is 5.41 Å². The molecule has 0 aromatic heterocycles. The van der Waals surface area contributed by atoms with E-state index in [2.05, 4.69) is 21.2 Å². The van der Waals surface area contributed by atoms with Crippen LogP contribution in [0.2, 0.25) is 0 Å². The number of alkyl halides is 1. The standard InChI is InChI=1S/C16H22BrNO/c1-12-6-5-7-13(2)14(12)15(19)18-11-16(10-17)8-3-4-9-16/h5-7H,3-4,8-11H2,1-2H3,(H,18,19). The van der Waals surface area contributed by atoms with E-state index in [-0.39, 0.29) is 11.3 Å². The molecule has 1 N–H and O–H groups in total. The molecule has 0 saturated heterocycles. The van der Waals surface area contributed by atoms with Crippen LogP contribution in [-0.2, 0) is 0 Å². The van der Waals surface area contributed by atoms with Crippen LogP contribution in [0.15, 0.2) is 18.2 Å². The van der Waals surface area contributed by atoms with Gasteiger partial charge in [0.2, 0.25) is 0 Å². The van der Waals surface area contributed by atoms with Crippen LogP contribution >= 0.6 is 15.9 Å². The summed E-state index contributed by atoms with van der Waals surface area (Å²) in [4.78, 5) is 12.4. The first kappa shape index (κ1) is 14.6. The van der Waals surface area contributed by atoms with E-state index in [1.54, 1.807) is 0 Å². The van der Waals surface area contributed by atoms with Crippen LogP contribution < -0.4 is 5.32 Å². The molecule has 1 fully saturated rings. The number of halogens is 1. The van der Waals surface area contributed by atoms with E-state index in [4.69, 9.17) is 0 Å². The fourth-order valence-corrected chi connectivity index (χ4v) is 3.77. The molecule has 0 radical (unpaired) electrons. The molecule has 1 aliphatic carbocycles. The summed E-state index contributed by atoms with van der Waals surface area (Å²) in [5.41, 5.74) is 3.21. The Morgan fingerprint density at radius 1 is 1.26 bits per heavy atom. The summed E-state index contributed by atoms with van der Waals surface area (Å²) >= 11 is 3.62. The Labute approximate surface area is 124 Å². The Bertz CT molecular complexity index is 444. The molecule has 3 heteroatoms. The molecule has 0 spiro atoms. The van der Waals surface area contributed by atoms with Crippen LogP contribution in [-0.4, -0.2) is 17.8 Å². The summed E-state index contributed by atoms with van der Waals surface area (Å²) in [6.45, 7) is 4.78. The van der Waals surface area contributed by atoms with Crippen molar-refractivity contribution in [3.63, 3.8) is 0 Å². The van der Waals surface area contributed by atoms with E-state index in [1.165, 1.54) is 25.7 Å². The Morgan fingerprint density at radius 2 is 1.84 bits per heavy atom. The van der Waals surface area contributed by atoms with Gasteiger partial charge in [0.05, 0.1) is 0 Å². The molecule has 104 valence electrons. The molecular weight excluding hydrogens is 302 g/mol. The van der Waals surface area contributed by atoms with Crippen LogP contribution in [0.4, 0.5) is 0 Å². The highest BCUT2D eigenvalue weighted by atomic mass is 79.9. The fourth-order valence-electron chi connectivity index (χ4n) is 3.01. The van der Waals surface area contributed by atoms with Crippen molar-refractivity contribution in [3.05, 3.63) is 34.9 Å². The van der Waals surface area contributed by atoms with E-state index in [1.807, 2.05) is 32.0 Å². The monoisotopic (exact) mass is 323 g/mol. The third-order valence-corrected chi connectivity index (χ3v) is 5.47. The summed E-state index contributed by atoms with van der Waals surface area (Å²) in [6, 6.07) is 5.99. The Morgan fingerprint density at radius 3 is 2.37 bits per heavy atom. The molecule has 19 heavy (non-hydrogen) atoms. The van der Waals surface area contributed by atoms with Crippen molar-refractivity contribution in [3.8, 4) is 0 Å². The van der Waals surface area contributed by atoms with Gasteiger partial charge in [0.25, 0.3) is 5.91 Å². The van der Waals surface area contributed by atoms with E-state index >= 15 is 0 Å². The van der Waals surface area contributed by atoms with Crippen LogP contribution in [0, 0.1) is 19.3 Å². The average molecular weight is 324 g/mol. The maximum absolute atomic E-state index is 12.4. The van der Waals surface area contributed by atoms with Gasteiger partial charge >= 0.3 is 0 Å². The Hall–Kier alpha value is -0.830. The van der Waals surface area contributed by atoms with Gasteiger partial charge in [-0.25, -0.2) is 0 Å². The normalized spacial score (nSPS) is 17.4. The lowest BCUT2D eigenvalue weighted by atomic mass is 9.88. The summed E-state index contributed by atoms with van der Waals surface area (Å²) in [6.07, 6.45) is 4.99. The zero-order valence-electron chi connectivity index (χ0n) is 11.8. The summed E-state index contributed by atoms with van der Waals surface area (Å²) < 4.78 is 0. The van der Waals surface area contributed by atoms with Crippen molar-refractivity contribution < 1.29 is 4.79 Å². The quantitative estimate of drug-likeness (QED) is 0.834. The van der Waals surface area contributed by atoms with Gasteiger partial charge in [-0.1, -0.05) is 47.0 Å². The van der Waals surface area contributed by atoms with E-state index in [0.717, 1.165) is 28.6 Å². The van der Waals surface area contributed by atoms with Gasteiger partial charge in [-0.2, -0.15) is 0 Å². The molecule has 1 saturated carbocycles. The Balaban J connectivity index is 2.05. The minimum atomic E-state index is 0.0721. The first-order valence-electron chi connectivity index (χ1n) is 6.98. The number of hydrogen-bond acceptors (Lipinski definition) is 1. The van der Waals surface area contributed by atoms with Gasteiger partial charge < -0.3 is 5.32 Å². The lowest BCUT2D eigenvalue weighted by Crippen LogP contribution is -2.37. The molecule has 0 bridgehead atoms. The molecule has 2 rings (SSSR count). The molecule has 0 aliphatic heterocycles. The van der Waals surface area contributed by atoms with Crippen molar-refractivity contribution in [1.82, 2.24) is 5.32 Å². The number of carbonyl (C=O) groups excluding carboxylic acids is 1. The second-order valence-electron chi connectivity index (χ2n) is 5.79. The summed E-state index contributed by atoms with van der Waals surface area (Å²) in [5.74, 6) is 0.0721. The minimum Gasteiger partial charge on any atom is -0.351 e. The van der Waals surface area contributed by atoms with Gasteiger partial charge in [0.15, 0.2) is 0 Å². The average Bonchev–Trinajstić information content (AvgIpc) is 2.86. The second kappa shape index (κ2) is 6.08. The minimum absolute atomic E-state index is 0.0721. The maximum Gasteiger partial charge on any atom is 0.251 e. The lowest BCUT2D eigenvalue weighted by molar-refractivity contribution is 0.0934. The van der Waals surface area contributed by atoms with Gasteiger partial charge in [-0.05, 0) is 43.2 Å². The van der Waals surface area contributed by atoms with Crippen molar-refractivity contribution in [1.29, 1.82) is 0 Å². The second-order valence-corrected chi connectivity index (χ2v) is 6.35. The zero-order chi connectivity index (χ0) is 13.9. The fraction of sp³-hybridized carbons (Fsp3) is 0.562. The largest absolute Gasteiger partial charge is 0.351 e. The van der Waals surface area contributed by atoms with Crippen LogP contribution in [0.1, 0.15) is 47.2 Å². The predicted molar refractivity (Wildman–Crippen MR) is 82.9 cm³/mol. The highest BCUT2D eigenvalue weighted by Crippen LogP contribution is 2.39. The topological polar surface area (TPSA) is 29.1 Å². The summed E-state index contributed by atoms with van der Waals surface area (Å²) in [7, 11) is 0. The molecular formula is C16H22BrNO. The zero-order valence-corrected chi connectivity index (χ0v) is 13.3. The third kappa shape index (κ3) is 3.19. The molecule has 1 aromatic rings. The van der Waals surface area contributed by atoms with Crippen LogP contribution in [0.3, 0.4) is 0 Å². The number of amides is 1.